The van der Waals surface area contributed by atoms with E-state index in [0.29, 0.717) is 31.0 Å². The van der Waals surface area contributed by atoms with Crippen molar-refractivity contribution in [2.24, 2.45) is 11.3 Å². The first kappa shape index (κ1) is 21.7. The lowest BCUT2D eigenvalue weighted by atomic mass is 9.61. The Balaban J connectivity index is 1.63. The predicted octanol–water partition coefficient (Wildman–Crippen LogP) is 4.98. The van der Waals surface area contributed by atoms with Crippen molar-refractivity contribution < 1.29 is 17.9 Å². The molecule has 0 N–H and O–H groups in total. The molecule has 4 nitrogen and oxygen atoms in total. The predicted molar refractivity (Wildman–Crippen MR) is 124 cm³/mol. The van der Waals surface area contributed by atoms with Crippen LogP contribution in [-0.4, -0.2) is 32.7 Å². The van der Waals surface area contributed by atoms with Crippen LogP contribution < -0.4 is 0 Å². The van der Waals surface area contributed by atoms with E-state index in [2.05, 4.69) is 11.8 Å². The van der Waals surface area contributed by atoms with Crippen LogP contribution in [0.3, 0.4) is 0 Å². The molecule has 0 aromatic heterocycles. The molecular weight excluding hydrogens is 420 g/mol. The fourth-order valence-corrected chi connectivity index (χ4v) is 8.14. The Morgan fingerprint density at radius 3 is 2.28 bits per heavy atom. The summed E-state index contributed by atoms with van der Waals surface area (Å²) in [6.07, 6.45) is 5.97. The summed E-state index contributed by atoms with van der Waals surface area (Å²) in [6, 6.07) is 18.8. The third-order valence-corrected chi connectivity index (χ3v) is 9.63. The number of rotatable bonds is 2. The molecule has 1 aliphatic heterocycles. The zero-order chi connectivity index (χ0) is 22.1. The van der Waals surface area contributed by atoms with Gasteiger partial charge in [0, 0.05) is 23.8 Å². The molecule has 3 aliphatic rings. The molecule has 0 unspecified atom stereocenters. The van der Waals surface area contributed by atoms with E-state index in [1.807, 2.05) is 36.4 Å². The SMILES string of the molecule is O=S(=O)(c1ccccc1)[C@@H]1CC2(C[C@@]3(C#Cc4ccccc4)CCCCC[C@@H]13)OCCO2. The summed E-state index contributed by atoms with van der Waals surface area (Å²) >= 11 is 0. The van der Waals surface area contributed by atoms with Crippen LogP contribution in [0.1, 0.15) is 50.5 Å². The summed E-state index contributed by atoms with van der Waals surface area (Å²) in [5.74, 6) is 6.12. The fourth-order valence-electron chi connectivity index (χ4n) is 5.95. The Bertz CT molecular complexity index is 1090. The molecule has 168 valence electrons. The minimum absolute atomic E-state index is 0.0372. The second-order valence-electron chi connectivity index (χ2n) is 9.36. The number of fused-ring (bicyclic) bond motifs is 1. The van der Waals surface area contributed by atoms with E-state index >= 15 is 0 Å². The molecule has 1 heterocycles. The van der Waals surface area contributed by atoms with Gasteiger partial charge in [0.25, 0.3) is 0 Å². The third-order valence-electron chi connectivity index (χ3n) is 7.41. The quantitative estimate of drug-likeness (QED) is 0.605. The van der Waals surface area contributed by atoms with Crippen LogP contribution >= 0.6 is 0 Å². The highest BCUT2D eigenvalue weighted by atomic mass is 32.2. The second-order valence-corrected chi connectivity index (χ2v) is 11.5. The van der Waals surface area contributed by atoms with Crippen molar-refractivity contribution >= 4 is 9.84 Å². The molecule has 2 saturated carbocycles. The average molecular weight is 451 g/mol. The molecule has 5 heteroatoms. The monoisotopic (exact) mass is 450 g/mol. The van der Waals surface area contributed by atoms with Gasteiger partial charge in [0.1, 0.15) is 0 Å². The number of hydrogen-bond acceptors (Lipinski definition) is 4. The fraction of sp³-hybridized carbons (Fsp3) is 0.481. The van der Waals surface area contributed by atoms with Gasteiger partial charge >= 0.3 is 0 Å². The van der Waals surface area contributed by atoms with Gasteiger partial charge < -0.3 is 9.47 Å². The van der Waals surface area contributed by atoms with Crippen LogP contribution in [0.2, 0.25) is 0 Å². The Hall–Kier alpha value is -2.13. The molecule has 5 rings (SSSR count). The smallest absolute Gasteiger partial charge is 0.181 e. The van der Waals surface area contributed by atoms with E-state index in [9.17, 15) is 8.42 Å². The number of hydrogen-bond donors (Lipinski definition) is 0. The van der Waals surface area contributed by atoms with Crippen molar-refractivity contribution in [2.45, 2.75) is 60.9 Å². The third kappa shape index (κ3) is 4.01. The average Bonchev–Trinajstić information content (AvgIpc) is 3.16. The van der Waals surface area contributed by atoms with E-state index in [4.69, 9.17) is 9.47 Å². The number of ether oxygens (including phenoxy) is 2. The highest BCUT2D eigenvalue weighted by Gasteiger charge is 2.59. The highest BCUT2D eigenvalue weighted by molar-refractivity contribution is 7.92. The number of sulfone groups is 1. The van der Waals surface area contributed by atoms with E-state index in [1.165, 1.54) is 0 Å². The van der Waals surface area contributed by atoms with Gasteiger partial charge in [-0.05, 0) is 43.0 Å². The summed E-state index contributed by atoms with van der Waals surface area (Å²) in [4.78, 5) is 0.384. The lowest BCUT2D eigenvalue weighted by molar-refractivity contribution is -0.204. The summed E-state index contributed by atoms with van der Waals surface area (Å²) in [7, 11) is -3.56. The summed E-state index contributed by atoms with van der Waals surface area (Å²) in [5, 5.41) is -0.570. The standard InChI is InChI=1S/C27H30O4S/c28-32(29,23-12-6-2-7-13-23)25-20-27(30-18-19-31-27)21-26(16-9-3-8-14-24(25)26)17-15-22-10-4-1-5-11-22/h1-2,4-7,10-13,24-25H,3,8-9,14,16,18-21H2/t24-,25+,26-/m0/s1. The first-order chi connectivity index (χ1) is 15.5. The molecule has 0 bridgehead atoms. The van der Waals surface area contributed by atoms with Crippen LogP contribution in [0.15, 0.2) is 65.6 Å². The Kier molecular flexibility index (Phi) is 5.88. The molecule has 2 aliphatic carbocycles. The van der Waals surface area contributed by atoms with E-state index in [1.54, 1.807) is 24.3 Å². The van der Waals surface area contributed by atoms with Gasteiger partial charge in [-0.3, -0.25) is 0 Å². The molecule has 0 amide bonds. The van der Waals surface area contributed by atoms with Gasteiger partial charge in [0.05, 0.1) is 23.4 Å². The lowest BCUT2D eigenvalue weighted by Crippen LogP contribution is -2.55. The summed E-state index contributed by atoms with van der Waals surface area (Å²) in [6.45, 7) is 1.01. The van der Waals surface area contributed by atoms with Crippen LogP contribution in [0, 0.1) is 23.2 Å². The molecule has 1 saturated heterocycles. The van der Waals surface area contributed by atoms with Gasteiger partial charge in [-0.1, -0.05) is 67.5 Å². The maximum absolute atomic E-state index is 14.0. The van der Waals surface area contributed by atoms with Crippen molar-refractivity contribution in [1.82, 2.24) is 0 Å². The van der Waals surface area contributed by atoms with E-state index in [0.717, 1.165) is 37.7 Å². The first-order valence-corrected chi connectivity index (χ1v) is 13.2. The zero-order valence-corrected chi connectivity index (χ0v) is 19.1. The van der Waals surface area contributed by atoms with Gasteiger partial charge in [-0.15, -0.1) is 0 Å². The van der Waals surface area contributed by atoms with E-state index < -0.39 is 26.3 Å². The highest BCUT2D eigenvalue weighted by Crippen LogP contribution is 2.56. The van der Waals surface area contributed by atoms with Gasteiger partial charge in [-0.25, -0.2) is 8.42 Å². The normalized spacial score (nSPS) is 29.5. The second kappa shape index (κ2) is 8.67. The molecule has 32 heavy (non-hydrogen) atoms. The van der Waals surface area contributed by atoms with Crippen molar-refractivity contribution in [3.05, 3.63) is 66.2 Å². The van der Waals surface area contributed by atoms with Crippen molar-refractivity contribution in [3.8, 4) is 11.8 Å². The molecule has 3 atom stereocenters. The van der Waals surface area contributed by atoms with Crippen molar-refractivity contribution in [3.63, 3.8) is 0 Å². The van der Waals surface area contributed by atoms with Gasteiger partial charge in [0.2, 0.25) is 0 Å². The van der Waals surface area contributed by atoms with Crippen LogP contribution in [0.4, 0.5) is 0 Å². The largest absolute Gasteiger partial charge is 0.347 e. The van der Waals surface area contributed by atoms with Gasteiger partial charge in [0.15, 0.2) is 15.6 Å². The number of benzene rings is 2. The Morgan fingerprint density at radius 2 is 1.56 bits per heavy atom. The minimum Gasteiger partial charge on any atom is -0.347 e. The molecule has 1 spiro atoms. The van der Waals surface area contributed by atoms with E-state index in [-0.39, 0.29) is 5.92 Å². The summed E-state index contributed by atoms with van der Waals surface area (Å²) in [5.41, 5.74) is 0.516. The molecule has 2 aromatic rings. The molecule has 0 radical (unpaired) electrons. The molecule has 2 aromatic carbocycles. The zero-order valence-electron chi connectivity index (χ0n) is 18.3. The maximum atomic E-state index is 14.0. The van der Waals surface area contributed by atoms with Crippen LogP contribution in [-0.2, 0) is 19.3 Å². The topological polar surface area (TPSA) is 52.6 Å². The van der Waals surface area contributed by atoms with Crippen molar-refractivity contribution in [1.29, 1.82) is 0 Å². The lowest BCUT2D eigenvalue weighted by Gasteiger charge is -2.50. The first-order valence-electron chi connectivity index (χ1n) is 11.7. The minimum atomic E-state index is -3.56. The summed E-state index contributed by atoms with van der Waals surface area (Å²) < 4.78 is 40.2. The molecule has 3 fully saturated rings. The van der Waals surface area contributed by atoms with Crippen LogP contribution in [0.25, 0.3) is 0 Å². The Morgan fingerprint density at radius 1 is 0.875 bits per heavy atom. The van der Waals surface area contributed by atoms with Crippen molar-refractivity contribution in [2.75, 3.05) is 13.2 Å². The maximum Gasteiger partial charge on any atom is 0.181 e. The molecular formula is C27H30O4S. The van der Waals surface area contributed by atoms with Crippen LogP contribution in [0.5, 0.6) is 0 Å². The van der Waals surface area contributed by atoms with Gasteiger partial charge in [-0.2, -0.15) is 0 Å². The Labute approximate surface area is 191 Å².